The van der Waals surface area contributed by atoms with Crippen molar-refractivity contribution < 1.29 is 0 Å². The van der Waals surface area contributed by atoms with Crippen LogP contribution in [0.4, 0.5) is 0 Å². The van der Waals surface area contributed by atoms with Crippen LogP contribution in [0.25, 0.3) is 131 Å². The molecule has 0 saturated carbocycles. The van der Waals surface area contributed by atoms with Gasteiger partial charge in [0.2, 0.25) is 0 Å². The minimum atomic E-state index is 1.20. The van der Waals surface area contributed by atoms with Crippen molar-refractivity contribution in [1.29, 1.82) is 0 Å². The van der Waals surface area contributed by atoms with E-state index in [1.807, 2.05) is 0 Å². The van der Waals surface area contributed by atoms with E-state index in [4.69, 9.17) is 0 Å². The summed E-state index contributed by atoms with van der Waals surface area (Å²) in [4.78, 5) is 0. The van der Waals surface area contributed by atoms with Crippen LogP contribution in [0, 0.1) is 0 Å². The first-order chi connectivity index (χ1) is 29.8. The van der Waals surface area contributed by atoms with Gasteiger partial charge in [-0.25, -0.2) is 0 Å². The van der Waals surface area contributed by atoms with Gasteiger partial charge in [0, 0.05) is 0 Å². The maximum absolute atomic E-state index is 2.47. The Kier molecular flexibility index (Phi) is 7.11. The largest absolute Gasteiger partial charge is 0.0616 e. The van der Waals surface area contributed by atoms with Crippen molar-refractivity contribution in [3.8, 4) is 66.8 Å². The molecular formula is C60H36. The molecule has 0 aliphatic heterocycles. The molecule has 0 bridgehead atoms. The fourth-order valence-corrected chi connectivity index (χ4v) is 10.5. The van der Waals surface area contributed by atoms with Gasteiger partial charge in [0.1, 0.15) is 0 Å². The number of rotatable bonds is 2. The summed E-state index contributed by atoms with van der Waals surface area (Å²) in [5.41, 5.74) is 14.8. The van der Waals surface area contributed by atoms with Gasteiger partial charge in [0.05, 0.1) is 0 Å². The number of fused-ring (bicyclic) bond motifs is 20. The second kappa shape index (κ2) is 12.9. The van der Waals surface area contributed by atoms with E-state index in [-0.39, 0.29) is 0 Å². The molecule has 0 heterocycles. The van der Waals surface area contributed by atoms with Gasteiger partial charge in [-0.2, -0.15) is 0 Å². The minimum absolute atomic E-state index is 1.20. The molecule has 0 N–H and O–H groups in total. The lowest BCUT2D eigenvalue weighted by molar-refractivity contribution is 1.51. The third-order valence-electron chi connectivity index (χ3n) is 13.2. The zero-order chi connectivity index (χ0) is 39.3. The Hall–Kier alpha value is -7.80. The van der Waals surface area contributed by atoms with Crippen LogP contribution in [-0.4, -0.2) is 0 Å². The van der Waals surface area contributed by atoms with E-state index in [2.05, 4.69) is 218 Å². The average molecular weight is 757 g/mol. The summed E-state index contributed by atoms with van der Waals surface area (Å²) in [6.07, 6.45) is 0. The fraction of sp³-hybridized carbons (Fsp3) is 0. The summed E-state index contributed by atoms with van der Waals surface area (Å²) >= 11 is 0. The quantitative estimate of drug-likeness (QED) is 0.154. The van der Waals surface area contributed by atoms with E-state index >= 15 is 0 Å². The molecule has 0 atom stereocenters. The lowest BCUT2D eigenvalue weighted by atomic mass is 9.77. The Balaban J connectivity index is 1.17. The van der Waals surface area contributed by atoms with Crippen LogP contribution in [0.5, 0.6) is 0 Å². The highest BCUT2D eigenvalue weighted by Gasteiger charge is 2.26. The van der Waals surface area contributed by atoms with Crippen LogP contribution in [0.3, 0.4) is 0 Å². The maximum atomic E-state index is 2.47. The molecule has 12 aromatic carbocycles. The Bertz CT molecular complexity index is 3700. The summed E-state index contributed by atoms with van der Waals surface area (Å²) < 4.78 is 0. The lowest BCUT2D eigenvalue weighted by Crippen LogP contribution is -2.00. The number of benzene rings is 12. The molecule has 0 radical (unpaired) electrons. The predicted octanol–water partition coefficient (Wildman–Crippen LogP) is 16.9. The number of hydrogen-bond acceptors (Lipinski definition) is 0. The molecule has 276 valence electrons. The van der Waals surface area contributed by atoms with Gasteiger partial charge >= 0.3 is 0 Å². The van der Waals surface area contributed by atoms with Gasteiger partial charge in [0.25, 0.3) is 0 Å². The van der Waals surface area contributed by atoms with Crippen LogP contribution in [0.2, 0.25) is 0 Å². The highest BCUT2D eigenvalue weighted by atomic mass is 14.3. The zero-order valence-corrected chi connectivity index (χ0v) is 32.8. The Morgan fingerprint density at radius 1 is 0.150 bits per heavy atom. The third-order valence-corrected chi connectivity index (χ3v) is 13.2. The van der Waals surface area contributed by atoms with Gasteiger partial charge < -0.3 is 0 Å². The van der Waals surface area contributed by atoms with Crippen molar-refractivity contribution in [3.05, 3.63) is 218 Å². The van der Waals surface area contributed by atoms with E-state index in [1.165, 1.54) is 131 Å². The van der Waals surface area contributed by atoms with E-state index < -0.39 is 0 Å². The van der Waals surface area contributed by atoms with Crippen LogP contribution < -0.4 is 0 Å². The van der Waals surface area contributed by atoms with Gasteiger partial charge in [0.15, 0.2) is 0 Å². The molecule has 0 nitrogen and oxygen atoms in total. The minimum Gasteiger partial charge on any atom is -0.0616 e. The maximum Gasteiger partial charge on any atom is -0.00199 e. The monoisotopic (exact) mass is 756 g/mol. The Morgan fingerprint density at radius 2 is 0.433 bits per heavy atom. The predicted molar refractivity (Wildman–Crippen MR) is 258 cm³/mol. The normalized spacial score (nSPS) is 12.0. The van der Waals surface area contributed by atoms with Crippen LogP contribution in [0.1, 0.15) is 0 Å². The van der Waals surface area contributed by atoms with Crippen molar-refractivity contribution in [2.75, 3.05) is 0 Å². The summed E-state index contributed by atoms with van der Waals surface area (Å²) in [6.45, 7) is 0. The molecule has 1 aliphatic carbocycles. The first-order valence-corrected chi connectivity index (χ1v) is 20.9. The highest BCUT2D eigenvalue weighted by Crippen LogP contribution is 2.52. The van der Waals surface area contributed by atoms with Crippen molar-refractivity contribution in [2.45, 2.75) is 0 Å². The molecule has 60 heavy (non-hydrogen) atoms. The lowest BCUT2D eigenvalue weighted by Gasteiger charge is -2.26. The van der Waals surface area contributed by atoms with Crippen LogP contribution in [0.15, 0.2) is 218 Å². The third kappa shape index (κ3) is 4.79. The summed E-state index contributed by atoms with van der Waals surface area (Å²) in [7, 11) is 0. The molecule has 0 spiro atoms. The van der Waals surface area contributed by atoms with Gasteiger partial charge in [-0.05, 0) is 156 Å². The summed E-state index contributed by atoms with van der Waals surface area (Å²) in [6, 6.07) is 81.7. The average Bonchev–Trinajstić information content (AvgIpc) is 3.33. The van der Waals surface area contributed by atoms with E-state index in [1.54, 1.807) is 0 Å². The molecule has 0 unspecified atom stereocenters. The second-order valence-corrected chi connectivity index (χ2v) is 16.3. The van der Waals surface area contributed by atoms with Gasteiger partial charge in [-0.1, -0.05) is 194 Å². The second-order valence-electron chi connectivity index (χ2n) is 16.3. The van der Waals surface area contributed by atoms with Crippen molar-refractivity contribution in [1.82, 2.24) is 0 Å². The molecular weight excluding hydrogens is 721 g/mol. The molecule has 0 fully saturated rings. The molecule has 13 rings (SSSR count). The fourth-order valence-electron chi connectivity index (χ4n) is 10.5. The first kappa shape index (κ1) is 33.2. The SMILES string of the molecule is c1ccc2c(c1)-c1ccccc1-c1cc(-c3ccc4c5ccccc5c5ccccc5c4c3)cc(-c3ccc4c5ccccc5c5ccccc5c4c3)c1-c1ccccc1-2. The van der Waals surface area contributed by atoms with Gasteiger partial charge in [-0.15, -0.1) is 0 Å². The molecule has 0 heteroatoms. The molecule has 1 aliphatic rings. The molecule has 0 amide bonds. The highest BCUT2D eigenvalue weighted by molar-refractivity contribution is 6.27. The van der Waals surface area contributed by atoms with E-state index in [9.17, 15) is 0 Å². The zero-order valence-electron chi connectivity index (χ0n) is 32.8. The Morgan fingerprint density at radius 3 is 0.867 bits per heavy atom. The van der Waals surface area contributed by atoms with Gasteiger partial charge in [-0.3, -0.25) is 0 Å². The van der Waals surface area contributed by atoms with E-state index in [0.717, 1.165) is 0 Å². The Labute approximate surface area is 348 Å². The first-order valence-electron chi connectivity index (χ1n) is 20.9. The summed E-state index contributed by atoms with van der Waals surface area (Å²) in [5.74, 6) is 0. The van der Waals surface area contributed by atoms with Crippen molar-refractivity contribution >= 4 is 64.6 Å². The smallest absolute Gasteiger partial charge is 0.00199 e. The molecule has 0 saturated heterocycles. The van der Waals surface area contributed by atoms with Crippen LogP contribution in [-0.2, 0) is 0 Å². The summed E-state index contributed by atoms with van der Waals surface area (Å²) in [5, 5.41) is 15.4. The van der Waals surface area contributed by atoms with E-state index in [0.29, 0.717) is 0 Å². The van der Waals surface area contributed by atoms with Crippen molar-refractivity contribution in [3.63, 3.8) is 0 Å². The number of hydrogen-bond donors (Lipinski definition) is 0. The topological polar surface area (TPSA) is 0 Å². The molecule has 0 aromatic heterocycles. The standard InChI is InChI=1S/C60H36/c1-4-18-43-40(15-1)46-21-9-12-27-52(46)59-36-39(37-29-31-53-47-22-5-2-16-41(47)44-19-7-10-25-50(44)57(53)33-37)35-56(60(59)55-28-14-13-24-49(43)55)38-30-32-54-48-23-6-3-17-42(48)45-20-8-11-26-51(45)58(54)34-38/h1-36H. The van der Waals surface area contributed by atoms with Crippen molar-refractivity contribution in [2.24, 2.45) is 0 Å². The van der Waals surface area contributed by atoms with Crippen LogP contribution >= 0.6 is 0 Å². The molecule has 12 aromatic rings.